The number of sulfonamides is 1. The molecule has 0 aliphatic heterocycles. The minimum absolute atomic E-state index is 0.133. The van der Waals surface area contributed by atoms with Crippen LogP contribution < -0.4 is 11.3 Å². The van der Waals surface area contributed by atoms with Crippen LogP contribution in [0.4, 0.5) is 5.82 Å². The molecule has 0 atom stereocenters. The normalized spacial score (nSPS) is 11.8. The van der Waals surface area contributed by atoms with E-state index in [2.05, 4.69) is 10.4 Å². The van der Waals surface area contributed by atoms with Crippen LogP contribution in [-0.2, 0) is 10.0 Å². The predicted octanol–water partition coefficient (Wildman–Crippen LogP) is 0.150. The van der Waals surface area contributed by atoms with E-state index in [9.17, 15) is 8.42 Å². The molecule has 4 N–H and O–H groups in total. The van der Waals surface area contributed by atoms with Gasteiger partial charge in [0.2, 0.25) is 10.0 Å². The fraction of sp³-hybridized carbons (Fsp3) is 0.545. The van der Waals surface area contributed by atoms with E-state index >= 15 is 0 Å². The second-order valence-electron chi connectivity index (χ2n) is 4.13. The van der Waals surface area contributed by atoms with Crippen LogP contribution in [0.25, 0.3) is 0 Å². The average Bonchev–Trinajstić information content (AvgIpc) is 2.43. The summed E-state index contributed by atoms with van der Waals surface area (Å²) in [5.74, 6) is 5.58. The Morgan fingerprint density at radius 2 is 2.11 bits per heavy atom. The smallest absolute Gasteiger partial charge is 0.244 e. The second kappa shape index (κ2) is 7.39. The van der Waals surface area contributed by atoms with Gasteiger partial charge in [0.25, 0.3) is 0 Å². The van der Waals surface area contributed by atoms with Gasteiger partial charge in [0.05, 0.1) is 0 Å². The van der Waals surface area contributed by atoms with Crippen molar-refractivity contribution in [3.63, 3.8) is 0 Å². The Bertz CT molecular complexity index is 475. The highest BCUT2D eigenvalue weighted by molar-refractivity contribution is 7.89. The number of aliphatic hydroxyl groups excluding tert-OH is 1. The number of rotatable bonds is 8. The molecule has 19 heavy (non-hydrogen) atoms. The summed E-state index contributed by atoms with van der Waals surface area (Å²) >= 11 is 0. The lowest BCUT2D eigenvalue weighted by Gasteiger charge is -2.16. The minimum Gasteiger partial charge on any atom is -0.396 e. The summed E-state index contributed by atoms with van der Waals surface area (Å²) in [6.45, 7) is 0.549. The Hall–Kier alpha value is -1.22. The first kappa shape index (κ1) is 15.8. The third-order valence-corrected chi connectivity index (χ3v) is 4.56. The first-order valence-corrected chi connectivity index (χ1v) is 7.46. The lowest BCUT2D eigenvalue weighted by Crippen LogP contribution is -2.28. The summed E-state index contributed by atoms with van der Waals surface area (Å²) in [6, 6.07) is 2.97. The number of hydrogen-bond donors (Lipinski definition) is 3. The van der Waals surface area contributed by atoms with E-state index in [1.54, 1.807) is 0 Å². The van der Waals surface area contributed by atoms with E-state index in [-0.39, 0.29) is 11.5 Å². The summed E-state index contributed by atoms with van der Waals surface area (Å²) in [7, 11) is -1.98. The third-order valence-electron chi connectivity index (χ3n) is 2.72. The number of anilines is 1. The molecule has 0 aliphatic rings. The highest BCUT2D eigenvalue weighted by atomic mass is 32.2. The van der Waals surface area contributed by atoms with Crippen LogP contribution in [0.3, 0.4) is 0 Å². The third kappa shape index (κ3) is 4.43. The number of nitrogens with one attached hydrogen (secondary N) is 1. The summed E-state index contributed by atoms with van der Waals surface area (Å²) in [6.07, 6.45) is 3.47. The van der Waals surface area contributed by atoms with Crippen LogP contribution in [0.5, 0.6) is 0 Å². The van der Waals surface area contributed by atoms with Gasteiger partial charge in [0.1, 0.15) is 10.7 Å². The molecule has 0 fully saturated rings. The van der Waals surface area contributed by atoms with Crippen molar-refractivity contribution in [2.75, 3.05) is 25.6 Å². The zero-order valence-electron chi connectivity index (χ0n) is 10.9. The molecule has 7 nitrogen and oxygen atoms in total. The van der Waals surface area contributed by atoms with Gasteiger partial charge >= 0.3 is 0 Å². The topological polar surface area (TPSA) is 109 Å². The van der Waals surface area contributed by atoms with E-state index in [0.717, 1.165) is 6.42 Å². The fourth-order valence-electron chi connectivity index (χ4n) is 1.54. The van der Waals surface area contributed by atoms with E-state index < -0.39 is 10.0 Å². The van der Waals surface area contributed by atoms with Gasteiger partial charge in [-0.05, 0) is 31.4 Å². The van der Waals surface area contributed by atoms with Gasteiger partial charge in [0.15, 0.2) is 0 Å². The van der Waals surface area contributed by atoms with Gasteiger partial charge in [-0.25, -0.2) is 23.5 Å². The van der Waals surface area contributed by atoms with Crippen molar-refractivity contribution in [3.05, 3.63) is 18.3 Å². The van der Waals surface area contributed by atoms with Gasteiger partial charge in [-0.1, -0.05) is 0 Å². The molecule has 8 heteroatoms. The molecule has 0 aliphatic carbocycles. The molecule has 0 unspecified atom stereocenters. The summed E-state index contributed by atoms with van der Waals surface area (Å²) in [4.78, 5) is 4.02. The number of hydrogen-bond acceptors (Lipinski definition) is 6. The van der Waals surface area contributed by atoms with Crippen molar-refractivity contribution < 1.29 is 13.5 Å². The summed E-state index contributed by atoms with van der Waals surface area (Å²) in [5, 5.41) is 8.66. The Kier molecular flexibility index (Phi) is 6.16. The van der Waals surface area contributed by atoms with Gasteiger partial charge in [0, 0.05) is 26.4 Å². The van der Waals surface area contributed by atoms with Crippen LogP contribution in [0.15, 0.2) is 23.2 Å². The number of nitrogens with two attached hydrogens (primary N) is 1. The maximum Gasteiger partial charge on any atom is 0.244 e. The molecule has 0 bridgehead atoms. The van der Waals surface area contributed by atoms with Crippen molar-refractivity contribution in [1.82, 2.24) is 9.29 Å². The molecular weight excluding hydrogens is 268 g/mol. The van der Waals surface area contributed by atoms with E-state index in [4.69, 9.17) is 10.9 Å². The molecule has 1 rings (SSSR count). The van der Waals surface area contributed by atoms with Crippen LogP contribution >= 0.6 is 0 Å². The molecule has 0 amide bonds. The van der Waals surface area contributed by atoms with Crippen molar-refractivity contribution in [2.45, 2.75) is 24.2 Å². The molecule has 0 saturated carbocycles. The first-order chi connectivity index (χ1) is 9.02. The molecule has 1 aromatic heterocycles. The summed E-state index contributed by atoms with van der Waals surface area (Å²) < 4.78 is 25.6. The van der Waals surface area contributed by atoms with Crippen molar-refractivity contribution in [1.29, 1.82) is 0 Å². The monoisotopic (exact) mass is 288 g/mol. The maximum absolute atomic E-state index is 12.2. The molecule has 0 saturated heterocycles. The zero-order valence-corrected chi connectivity index (χ0v) is 11.7. The van der Waals surface area contributed by atoms with Gasteiger partial charge in [-0.2, -0.15) is 0 Å². The minimum atomic E-state index is -3.51. The van der Waals surface area contributed by atoms with Gasteiger partial charge < -0.3 is 10.5 Å². The van der Waals surface area contributed by atoms with E-state index in [1.165, 1.54) is 29.7 Å². The Morgan fingerprint density at radius 3 is 2.63 bits per heavy atom. The number of aromatic nitrogens is 1. The Morgan fingerprint density at radius 1 is 1.37 bits per heavy atom. The Balaban J connectivity index is 2.67. The predicted molar refractivity (Wildman–Crippen MR) is 72.8 cm³/mol. The average molecular weight is 288 g/mol. The molecule has 0 radical (unpaired) electrons. The number of unbranched alkanes of at least 4 members (excludes halogenated alkanes) is 2. The summed E-state index contributed by atoms with van der Waals surface area (Å²) in [5.41, 5.74) is 2.34. The number of aliphatic hydroxyl groups is 1. The lowest BCUT2D eigenvalue weighted by atomic mass is 10.2. The number of nitrogen functional groups attached to an aromatic ring is 1. The SMILES string of the molecule is CN(CCCCCO)S(=O)(=O)c1ccc(NN)nc1. The van der Waals surface area contributed by atoms with Crippen molar-refractivity contribution in [2.24, 2.45) is 5.84 Å². The molecule has 1 aromatic rings. The van der Waals surface area contributed by atoms with Crippen LogP contribution in [0, 0.1) is 0 Å². The van der Waals surface area contributed by atoms with Gasteiger partial charge in [-0.15, -0.1) is 0 Å². The van der Waals surface area contributed by atoms with Crippen molar-refractivity contribution in [3.8, 4) is 0 Å². The van der Waals surface area contributed by atoms with Crippen LogP contribution in [0.1, 0.15) is 19.3 Å². The van der Waals surface area contributed by atoms with Crippen LogP contribution in [0.2, 0.25) is 0 Å². The fourth-order valence-corrected chi connectivity index (χ4v) is 2.70. The van der Waals surface area contributed by atoms with Gasteiger partial charge in [-0.3, -0.25) is 0 Å². The molecule has 0 spiro atoms. The largest absolute Gasteiger partial charge is 0.396 e. The highest BCUT2D eigenvalue weighted by Gasteiger charge is 2.20. The first-order valence-electron chi connectivity index (χ1n) is 6.02. The standard InChI is InChI=1S/C11H20N4O3S/c1-15(7-3-2-4-8-16)19(17,18)10-5-6-11(14-12)13-9-10/h5-6,9,16H,2-4,7-8,12H2,1H3,(H,13,14). The van der Waals surface area contributed by atoms with Crippen LogP contribution in [-0.4, -0.2) is 43.0 Å². The van der Waals surface area contributed by atoms with E-state index in [1.807, 2.05) is 0 Å². The molecule has 0 aromatic carbocycles. The van der Waals surface area contributed by atoms with E-state index in [0.29, 0.717) is 25.2 Å². The molecule has 1 heterocycles. The zero-order chi connectivity index (χ0) is 14.3. The molecular formula is C11H20N4O3S. The number of hydrazine groups is 1. The quantitative estimate of drug-likeness (QED) is 0.357. The number of pyridine rings is 1. The van der Waals surface area contributed by atoms with Crippen molar-refractivity contribution >= 4 is 15.8 Å². The Labute approximate surface area is 113 Å². The lowest BCUT2D eigenvalue weighted by molar-refractivity contribution is 0.281. The number of nitrogens with zero attached hydrogens (tertiary/aromatic N) is 2. The second-order valence-corrected chi connectivity index (χ2v) is 6.18. The maximum atomic E-state index is 12.2. The highest BCUT2D eigenvalue weighted by Crippen LogP contribution is 2.15. The molecule has 108 valence electrons.